The summed E-state index contributed by atoms with van der Waals surface area (Å²) in [6, 6.07) is 5.76. The molecule has 1 saturated heterocycles. The number of carbonyl (C=O) groups excluding carboxylic acids is 1. The van der Waals surface area contributed by atoms with Gasteiger partial charge >= 0.3 is 0 Å². The number of likely N-dealkylation sites (tertiary alicyclic amines) is 1. The molecule has 120 valence electrons. The number of benzene rings is 1. The number of rotatable bonds is 5. The van der Waals surface area contributed by atoms with E-state index in [-0.39, 0.29) is 5.91 Å². The molecule has 1 unspecified atom stereocenters. The lowest BCUT2D eigenvalue weighted by Gasteiger charge is -2.32. The molecule has 1 fully saturated rings. The van der Waals surface area contributed by atoms with E-state index in [1.165, 1.54) is 6.42 Å². The predicted molar refractivity (Wildman–Crippen MR) is 93.0 cm³/mol. The number of hydrogen-bond donors (Lipinski definition) is 1. The summed E-state index contributed by atoms with van der Waals surface area (Å²) in [5.74, 6) is 1.39. The average molecular weight is 367 g/mol. The largest absolute Gasteiger partial charge is 0.496 e. The first kappa shape index (κ1) is 17.0. The molecule has 0 spiro atoms. The average Bonchev–Trinajstić information content (AvgIpc) is 2.53. The highest BCUT2D eigenvalue weighted by Crippen LogP contribution is 2.24. The summed E-state index contributed by atoms with van der Waals surface area (Å²) in [5.41, 5.74) is 0.897. The van der Waals surface area contributed by atoms with Crippen molar-refractivity contribution in [3.8, 4) is 5.75 Å². The van der Waals surface area contributed by atoms with Gasteiger partial charge < -0.3 is 15.0 Å². The van der Waals surface area contributed by atoms with Gasteiger partial charge in [0, 0.05) is 29.2 Å². The van der Waals surface area contributed by atoms with Gasteiger partial charge in [-0.2, -0.15) is 0 Å². The van der Waals surface area contributed by atoms with E-state index in [4.69, 9.17) is 4.74 Å². The second-order valence-corrected chi connectivity index (χ2v) is 6.49. The van der Waals surface area contributed by atoms with Gasteiger partial charge in [-0.05, 0) is 56.6 Å². The molecule has 1 heterocycles. The van der Waals surface area contributed by atoms with Gasteiger partial charge in [-0.25, -0.2) is 0 Å². The number of hydrogen-bond acceptors (Lipinski definition) is 3. The van der Waals surface area contributed by atoms with Crippen LogP contribution < -0.4 is 10.1 Å². The number of nitrogens with one attached hydrogen (secondary N) is 1. The van der Waals surface area contributed by atoms with Gasteiger partial charge in [-0.1, -0.05) is 15.9 Å². The Labute approximate surface area is 140 Å². The topological polar surface area (TPSA) is 41.6 Å². The minimum Gasteiger partial charge on any atom is -0.496 e. The Morgan fingerprint density at radius 1 is 1.55 bits per heavy atom. The molecule has 1 aliphatic heterocycles. The third-order valence-corrected chi connectivity index (χ3v) is 4.41. The van der Waals surface area contributed by atoms with Crippen molar-refractivity contribution in [3.63, 3.8) is 0 Å². The van der Waals surface area contributed by atoms with Crippen LogP contribution in [-0.2, 0) is 4.79 Å². The van der Waals surface area contributed by atoms with E-state index >= 15 is 0 Å². The highest BCUT2D eigenvalue weighted by molar-refractivity contribution is 9.10. The third-order valence-electron chi connectivity index (χ3n) is 3.92. The van der Waals surface area contributed by atoms with Gasteiger partial charge in [0.15, 0.2) is 0 Å². The zero-order valence-corrected chi connectivity index (χ0v) is 14.7. The van der Waals surface area contributed by atoms with Crippen molar-refractivity contribution in [2.45, 2.75) is 12.8 Å². The van der Waals surface area contributed by atoms with E-state index in [0.717, 1.165) is 41.8 Å². The fraction of sp³-hybridized carbons (Fsp3) is 0.471. The number of ether oxygens (including phenoxy) is 1. The number of halogens is 1. The van der Waals surface area contributed by atoms with E-state index in [1.54, 1.807) is 13.2 Å². The molecule has 1 atom stereocenters. The molecular formula is C17H23BrN2O2. The van der Waals surface area contributed by atoms with Crippen LogP contribution in [0.4, 0.5) is 0 Å². The molecule has 2 rings (SSSR count). The Balaban J connectivity index is 2.03. The molecule has 0 aromatic heterocycles. The molecule has 5 heteroatoms. The second-order valence-electron chi connectivity index (χ2n) is 5.57. The van der Waals surface area contributed by atoms with Gasteiger partial charge in [-0.3, -0.25) is 4.79 Å². The zero-order valence-electron chi connectivity index (χ0n) is 13.1. The van der Waals surface area contributed by atoms with Crippen LogP contribution >= 0.6 is 15.9 Å². The number of nitrogens with zero attached hydrogens (tertiary/aromatic N) is 1. The van der Waals surface area contributed by atoms with Crippen molar-refractivity contribution in [2.75, 3.05) is 33.8 Å². The molecular weight excluding hydrogens is 344 g/mol. The minimum atomic E-state index is 0.0721. The molecule has 0 bridgehead atoms. The van der Waals surface area contributed by atoms with Crippen molar-refractivity contribution < 1.29 is 9.53 Å². The molecule has 0 radical (unpaired) electrons. The van der Waals surface area contributed by atoms with Crippen molar-refractivity contribution in [1.29, 1.82) is 0 Å². The van der Waals surface area contributed by atoms with Crippen LogP contribution in [0, 0.1) is 5.92 Å². The summed E-state index contributed by atoms with van der Waals surface area (Å²) in [4.78, 5) is 14.3. The molecule has 4 nitrogen and oxygen atoms in total. The quantitative estimate of drug-likeness (QED) is 0.814. The Hall–Kier alpha value is -1.33. The fourth-order valence-electron chi connectivity index (χ4n) is 2.82. The van der Waals surface area contributed by atoms with E-state index in [9.17, 15) is 4.79 Å². The normalized spacial score (nSPS) is 18.7. The Bertz CT molecular complexity index is 543. The predicted octanol–water partition coefficient (Wildman–Crippen LogP) is 2.93. The number of methoxy groups -OCH3 is 1. The molecule has 1 amide bonds. The van der Waals surface area contributed by atoms with E-state index in [2.05, 4.69) is 21.2 Å². The maximum Gasteiger partial charge on any atom is 0.246 e. The van der Waals surface area contributed by atoms with Crippen LogP contribution in [0.15, 0.2) is 28.7 Å². The van der Waals surface area contributed by atoms with Crippen LogP contribution in [0.25, 0.3) is 6.08 Å². The SMILES string of the molecule is CNCC1CCCN(C(=O)/C=C/c2cc(Br)ccc2OC)C1. The summed E-state index contributed by atoms with van der Waals surface area (Å²) in [6.07, 6.45) is 5.74. The Morgan fingerprint density at radius 3 is 3.09 bits per heavy atom. The molecule has 0 aliphatic carbocycles. The Morgan fingerprint density at radius 2 is 2.36 bits per heavy atom. The lowest BCUT2D eigenvalue weighted by molar-refractivity contribution is -0.127. The highest BCUT2D eigenvalue weighted by Gasteiger charge is 2.21. The van der Waals surface area contributed by atoms with Crippen LogP contribution in [0.3, 0.4) is 0 Å². The van der Waals surface area contributed by atoms with Gasteiger partial charge in [0.25, 0.3) is 0 Å². The number of piperidine rings is 1. The van der Waals surface area contributed by atoms with Crippen molar-refractivity contribution in [1.82, 2.24) is 10.2 Å². The molecule has 1 aromatic rings. The molecule has 22 heavy (non-hydrogen) atoms. The van der Waals surface area contributed by atoms with Gasteiger partial charge in [-0.15, -0.1) is 0 Å². The zero-order chi connectivity index (χ0) is 15.9. The molecule has 1 aromatic carbocycles. The second kappa shape index (κ2) is 8.34. The smallest absolute Gasteiger partial charge is 0.246 e. The fourth-order valence-corrected chi connectivity index (χ4v) is 3.20. The van der Waals surface area contributed by atoms with E-state index in [0.29, 0.717) is 5.92 Å². The summed E-state index contributed by atoms with van der Waals surface area (Å²) >= 11 is 3.44. The lowest BCUT2D eigenvalue weighted by Crippen LogP contribution is -2.41. The van der Waals surface area contributed by atoms with Crippen molar-refractivity contribution >= 4 is 27.9 Å². The first-order valence-corrected chi connectivity index (χ1v) is 8.38. The number of amides is 1. The molecule has 0 saturated carbocycles. The minimum absolute atomic E-state index is 0.0721. The van der Waals surface area contributed by atoms with Crippen LogP contribution in [-0.4, -0.2) is 44.6 Å². The first-order chi connectivity index (χ1) is 10.6. The first-order valence-electron chi connectivity index (χ1n) is 7.59. The van der Waals surface area contributed by atoms with Gasteiger partial charge in [0.1, 0.15) is 5.75 Å². The van der Waals surface area contributed by atoms with Crippen LogP contribution in [0.5, 0.6) is 5.75 Å². The summed E-state index contributed by atoms with van der Waals surface area (Å²) in [5, 5.41) is 3.20. The molecule has 1 N–H and O–H groups in total. The third kappa shape index (κ3) is 4.58. The summed E-state index contributed by atoms with van der Waals surface area (Å²) in [6.45, 7) is 2.64. The maximum absolute atomic E-state index is 12.4. The highest BCUT2D eigenvalue weighted by atomic mass is 79.9. The lowest BCUT2D eigenvalue weighted by atomic mass is 9.98. The maximum atomic E-state index is 12.4. The van der Waals surface area contributed by atoms with Crippen LogP contribution in [0.2, 0.25) is 0 Å². The monoisotopic (exact) mass is 366 g/mol. The van der Waals surface area contributed by atoms with E-state index < -0.39 is 0 Å². The van der Waals surface area contributed by atoms with Gasteiger partial charge in [0.05, 0.1) is 7.11 Å². The summed E-state index contributed by atoms with van der Waals surface area (Å²) in [7, 11) is 3.59. The standard InChI is InChI=1S/C17H23BrN2O2/c1-19-11-13-4-3-9-20(12-13)17(21)8-5-14-10-15(18)6-7-16(14)22-2/h5-8,10,13,19H,3-4,9,11-12H2,1-2H3/b8-5+. The van der Waals surface area contributed by atoms with Gasteiger partial charge in [0.2, 0.25) is 5.91 Å². The van der Waals surface area contributed by atoms with E-state index in [1.807, 2.05) is 36.2 Å². The van der Waals surface area contributed by atoms with Crippen molar-refractivity contribution in [2.24, 2.45) is 5.92 Å². The van der Waals surface area contributed by atoms with Crippen molar-refractivity contribution in [3.05, 3.63) is 34.3 Å². The Kier molecular flexibility index (Phi) is 6.46. The molecule has 1 aliphatic rings. The number of carbonyl (C=O) groups is 1. The van der Waals surface area contributed by atoms with Crippen LogP contribution in [0.1, 0.15) is 18.4 Å². The summed E-state index contributed by atoms with van der Waals surface area (Å²) < 4.78 is 6.29.